The van der Waals surface area contributed by atoms with E-state index in [4.69, 9.17) is 9.47 Å². The molecular weight excluding hydrogens is 299 g/mol. The van der Waals surface area contributed by atoms with Crippen molar-refractivity contribution in [3.63, 3.8) is 0 Å². The van der Waals surface area contributed by atoms with Crippen LogP contribution in [0.25, 0.3) is 0 Å². The number of methoxy groups -OCH3 is 1. The van der Waals surface area contributed by atoms with Gasteiger partial charge in [-0.15, -0.1) is 6.58 Å². The molecular formula is C15H16F3NO3. The number of nitrogens with one attached hydrogen (secondary N) is 1. The number of hydrogen-bond donors (Lipinski definition) is 1. The van der Waals surface area contributed by atoms with Gasteiger partial charge in [-0.1, -0.05) is 12.1 Å². The summed E-state index contributed by atoms with van der Waals surface area (Å²) in [6.07, 6.45) is -3.51. The Balaban J connectivity index is 2.26. The van der Waals surface area contributed by atoms with E-state index in [1.165, 1.54) is 7.11 Å². The molecule has 0 bridgehead atoms. The molecule has 22 heavy (non-hydrogen) atoms. The summed E-state index contributed by atoms with van der Waals surface area (Å²) in [4.78, 5) is 11.2. The van der Waals surface area contributed by atoms with Gasteiger partial charge < -0.3 is 14.8 Å². The fourth-order valence-corrected chi connectivity index (χ4v) is 2.46. The minimum Gasteiger partial charge on any atom is -0.497 e. The van der Waals surface area contributed by atoms with Crippen molar-refractivity contribution < 1.29 is 27.4 Å². The number of carbonyl (C=O) groups is 1. The molecule has 120 valence electrons. The maximum atomic E-state index is 12.4. The maximum absolute atomic E-state index is 12.4. The highest BCUT2D eigenvalue weighted by Gasteiger charge is 2.42. The average molecular weight is 315 g/mol. The van der Waals surface area contributed by atoms with Crippen molar-refractivity contribution in [2.24, 2.45) is 0 Å². The molecule has 2 rings (SSSR count). The molecule has 0 fully saturated rings. The molecule has 0 saturated carbocycles. The average Bonchev–Trinajstić information content (AvgIpc) is 2.81. The fourth-order valence-electron chi connectivity index (χ4n) is 2.46. The van der Waals surface area contributed by atoms with Crippen molar-refractivity contribution in [1.29, 1.82) is 0 Å². The number of carbonyl (C=O) groups excluding carboxylic acids is 1. The Kier molecular flexibility index (Phi) is 4.75. The van der Waals surface area contributed by atoms with Crippen molar-refractivity contribution in [2.45, 2.75) is 24.7 Å². The van der Waals surface area contributed by atoms with Crippen molar-refractivity contribution in [1.82, 2.24) is 5.32 Å². The zero-order valence-corrected chi connectivity index (χ0v) is 11.9. The second kappa shape index (κ2) is 6.39. The van der Waals surface area contributed by atoms with Gasteiger partial charge in [0.2, 0.25) is 0 Å². The highest BCUT2D eigenvalue weighted by molar-refractivity contribution is 5.82. The summed E-state index contributed by atoms with van der Waals surface area (Å²) in [7, 11) is 1.46. The van der Waals surface area contributed by atoms with Gasteiger partial charge in [0.15, 0.2) is 0 Å². The first kappa shape index (κ1) is 16.4. The smallest absolute Gasteiger partial charge is 0.471 e. The van der Waals surface area contributed by atoms with Crippen LogP contribution in [0.3, 0.4) is 0 Å². The first-order valence-corrected chi connectivity index (χ1v) is 6.64. The SMILES string of the molecule is C=CCOC1CC(NC(=O)C(F)(F)F)c2cc(OC)ccc21. The normalized spacial score (nSPS) is 20.4. The van der Waals surface area contributed by atoms with Crippen LogP contribution in [0.5, 0.6) is 5.75 Å². The van der Waals surface area contributed by atoms with Gasteiger partial charge in [0, 0.05) is 6.42 Å². The predicted octanol–water partition coefficient (Wildman–Crippen LogP) is 3.06. The van der Waals surface area contributed by atoms with Gasteiger partial charge in [0.1, 0.15) is 5.75 Å². The summed E-state index contributed by atoms with van der Waals surface area (Å²) in [5, 5.41) is 2.01. The van der Waals surface area contributed by atoms with E-state index in [0.29, 0.717) is 11.3 Å². The predicted molar refractivity (Wildman–Crippen MR) is 73.4 cm³/mol. The van der Waals surface area contributed by atoms with Gasteiger partial charge in [-0.2, -0.15) is 13.2 Å². The molecule has 0 heterocycles. The van der Waals surface area contributed by atoms with Crippen LogP contribution in [0.2, 0.25) is 0 Å². The number of hydrogen-bond acceptors (Lipinski definition) is 3. The Hall–Kier alpha value is -2.02. The molecule has 7 heteroatoms. The molecule has 0 aromatic heterocycles. The third-order valence-corrected chi connectivity index (χ3v) is 3.44. The third kappa shape index (κ3) is 3.41. The summed E-state index contributed by atoms with van der Waals surface area (Å²) in [5.41, 5.74) is 1.32. The molecule has 1 aliphatic rings. The van der Waals surface area contributed by atoms with Crippen molar-refractivity contribution in [3.8, 4) is 5.75 Å². The third-order valence-electron chi connectivity index (χ3n) is 3.44. The molecule has 1 amide bonds. The summed E-state index contributed by atoms with van der Waals surface area (Å²) >= 11 is 0. The Bertz CT molecular complexity index is 572. The lowest BCUT2D eigenvalue weighted by Gasteiger charge is -2.16. The van der Waals surface area contributed by atoms with E-state index in [0.717, 1.165) is 5.56 Å². The molecule has 0 radical (unpaired) electrons. The molecule has 4 nitrogen and oxygen atoms in total. The lowest BCUT2D eigenvalue weighted by Crippen LogP contribution is -2.38. The van der Waals surface area contributed by atoms with E-state index in [9.17, 15) is 18.0 Å². The van der Waals surface area contributed by atoms with Crippen LogP contribution in [0.4, 0.5) is 13.2 Å². The molecule has 0 saturated heterocycles. The van der Waals surface area contributed by atoms with Crippen LogP contribution in [0.1, 0.15) is 29.7 Å². The Morgan fingerprint density at radius 2 is 2.18 bits per heavy atom. The molecule has 0 aliphatic heterocycles. The standard InChI is InChI=1S/C15H16F3NO3/c1-3-6-22-13-8-12(19-14(20)15(16,17)18)11-7-9(21-2)4-5-10(11)13/h3-5,7,12-13H,1,6,8H2,2H3,(H,19,20). The highest BCUT2D eigenvalue weighted by Crippen LogP contribution is 2.42. The second-order valence-electron chi connectivity index (χ2n) is 4.87. The fraction of sp³-hybridized carbons (Fsp3) is 0.400. The highest BCUT2D eigenvalue weighted by atomic mass is 19.4. The van der Waals surface area contributed by atoms with E-state index >= 15 is 0 Å². The lowest BCUT2D eigenvalue weighted by molar-refractivity contribution is -0.174. The van der Waals surface area contributed by atoms with E-state index in [1.807, 2.05) is 5.32 Å². The summed E-state index contributed by atoms with van der Waals surface area (Å²) in [6, 6.07) is 4.29. The summed E-state index contributed by atoms with van der Waals surface area (Å²) < 4.78 is 48.0. The van der Waals surface area contributed by atoms with Gasteiger partial charge >= 0.3 is 12.1 Å². The first-order valence-electron chi connectivity index (χ1n) is 6.64. The van der Waals surface area contributed by atoms with E-state index in [-0.39, 0.29) is 13.0 Å². The maximum Gasteiger partial charge on any atom is 0.471 e. The molecule has 1 aliphatic carbocycles. The van der Waals surface area contributed by atoms with Gasteiger partial charge in [-0.25, -0.2) is 0 Å². The minimum absolute atomic E-state index is 0.234. The molecule has 0 spiro atoms. The van der Waals surface area contributed by atoms with Crippen LogP contribution in [0, 0.1) is 0 Å². The molecule has 1 aromatic rings. The number of benzene rings is 1. The van der Waals surface area contributed by atoms with Gasteiger partial charge in [-0.05, 0) is 23.3 Å². The summed E-state index contributed by atoms with van der Waals surface area (Å²) in [5.74, 6) is -1.45. The van der Waals surface area contributed by atoms with Crippen molar-refractivity contribution in [2.75, 3.05) is 13.7 Å². The zero-order valence-electron chi connectivity index (χ0n) is 11.9. The quantitative estimate of drug-likeness (QED) is 0.850. The number of rotatable bonds is 5. The monoisotopic (exact) mass is 315 g/mol. The zero-order chi connectivity index (χ0) is 16.3. The molecule has 1 N–H and O–H groups in total. The van der Waals surface area contributed by atoms with Gasteiger partial charge in [0.25, 0.3) is 0 Å². The number of ether oxygens (including phenoxy) is 2. The number of halogens is 3. The summed E-state index contributed by atoms with van der Waals surface area (Å²) in [6.45, 7) is 3.82. The van der Waals surface area contributed by atoms with Crippen molar-refractivity contribution in [3.05, 3.63) is 42.0 Å². The van der Waals surface area contributed by atoms with Crippen LogP contribution in [0.15, 0.2) is 30.9 Å². The largest absolute Gasteiger partial charge is 0.497 e. The van der Waals surface area contributed by atoms with Crippen LogP contribution in [-0.4, -0.2) is 25.8 Å². The van der Waals surface area contributed by atoms with Crippen molar-refractivity contribution >= 4 is 5.91 Å². The molecule has 1 aromatic carbocycles. The molecule has 2 unspecified atom stereocenters. The van der Waals surface area contributed by atoms with E-state index < -0.39 is 24.2 Å². The van der Waals surface area contributed by atoms with E-state index in [1.54, 1.807) is 24.3 Å². The Labute approximate surface area is 125 Å². The van der Waals surface area contributed by atoms with Crippen LogP contribution in [-0.2, 0) is 9.53 Å². The first-order chi connectivity index (χ1) is 10.4. The number of alkyl halides is 3. The molecule has 2 atom stereocenters. The lowest BCUT2D eigenvalue weighted by atomic mass is 10.1. The van der Waals surface area contributed by atoms with Gasteiger partial charge in [-0.3, -0.25) is 4.79 Å². The topological polar surface area (TPSA) is 47.6 Å². The number of amides is 1. The second-order valence-corrected chi connectivity index (χ2v) is 4.87. The minimum atomic E-state index is -4.92. The van der Waals surface area contributed by atoms with E-state index in [2.05, 4.69) is 6.58 Å². The van der Waals surface area contributed by atoms with Crippen LogP contribution < -0.4 is 10.1 Å². The Morgan fingerprint density at radius 1 is 1.45 bits per heavy atom. The van der Waals surface area contributed by atoms with Crippen LogP contribution >= 0.6 is 0 Å². The van der Waals surface area contributed by atoms with Gasteiger partial charge in [0.05, 0.1) is 25.9 Å². The number of fused-ring (bicyclic) bond motifs is 1. The Morgan fingerprint density at radius 3 is 2.77 bits per heavy atom.